The molecule has 0 saturated carbocycles. The van der Waals surface area contributed by atoms with E-state index in [1.807, 2.05) is 25.9 Å². The van der Waals surface area contributed by atoms with E-state index in [1.54, 1.807) is 34.6 Å². The van der Waals surface area contributed by atoms with Gasteiger partial charge in [-0.2, -0.15) is 0 Å². The van der Waals surface area contributed by atoms with Crippen LogP contribution in [0.5, 0.6) is 0 Å². The second kappa shape index (κ2) is 16.0. The van der Waals surface area contributed by atoms with Gasteiger partial charge in [0.25, 0.3) is 5.97 Å². The molecule has 1 spiro atoms. The van der Waals surface area contributed by atoms with Crippen LogP contribution < -0.4 is 0 Å². The van der Waals surface area contributed by atoms with Gasteiger partial charge in [-0.1, -0.05) is 27.7 Å². The molecule has 52 heavy (non-hydrogen) atoms. The molecular formula is C37H65NO14. The summed E-state index contributed by atoms with van der Waals surface area (Å²) in [4.78, 5) is 30.0. The standard InChI is InChI=1S/C37H65NO14/c1-13-25-36(9,45)29(41)20(4)26(39)18(2)15-34(7,44)31(50-33-27(40)24(38(10)11)14-19(3)48-33)21(5)28-23(32(43)49-25)16-47-37(52-28)17-35(8,46-12)30(42)22(6)51-37/h18-25,27-31,33,40-42,44-45H,13-17H2,1-12H3/t18-,19?,20+,21+,22?,23-,24?,25-,27?,28+,29-,30?,31-,33?,34-,35?,36-,37?/m1/s1. The van der Waals surface area contributed by atoms with Crippen LogP contribution in [0, 0.1) is 23.7 Å². The normalized spacial score (nSPS) is 51.5. The third-order valence-electron chi connectivity index (χ3n) is 12.1. The molecule has 0 amide bonds. The molecule has 5 N–H and O–H groups in total. The molecule has 4 rings (SSSR count). The number of hydrogen-bond acceptors (Lipinski definition) is 15. The van der Waals surface area contributed by atoms with Gasteiger partial charge in [0.15, 0.2) is 6.29 Å². The summed E-state index contributed by atoms with van der Waals surface area (Å²) >= 11 is 0. The van der Waals surface area contributed by atoms with Gasteiger partial charge >= 0.3 is 5.97 Å². The van der Waals surface area contributed by atoms with Crippen molar-refractivity contribution < 1.29 is 68.3 Å². The van der Waals surface area contributed by atoms with Gasteiger partial charge in [-0.15, -0.1) is 0 Å². The van der Waals surface area contributed by atoms with Crippen LogP contribution in [0.25, 0.3) is 0 Å². The zero-order valence-electron chi connectivity index (χ0n) is 33.0. The van der Waals surface area contributed by atoms with Crippen molar-refractivity contribution in [3.63, 3.8) is 0 Å². The maximum atomic E-state index is 14.2. The Balaban J connectivity index is 1.86. The van der Waals surface area contributed by atoms with E-state index in [4.69, 9.17) is 33.2 Å². The molecule has 4 fully saturated rings. The molecule has 4 saturated heterocycles. The van der Waals surface area contributed by atoms with Crippen molar-refractivity contribution in [3.8, 4) is 0 Å². The number of methoxy groups -OCH3 is 1. The van der Waals surface area contributed by atoms with Crippen LogP contribution in [0.4, 0.5) is 0 Å². The summed E-state index contributed by atoms with van der Waals surface area (Å²) in [5.41, 5.74) is -5.03. The number of ketones is 1. The number of aliphatic hydroxyl groups is 5. The molecule has 0 aliphatic carbocycles. The predicted molar refractivity (Wildman–Crippen MR) is 185 cm³/mol. The first-order valence-corrected chi connectivity index (χ1v) is 18.7. The van der Waals surface area contributed by atoms with E-state index < -0.39 is 107 Å². The van der Waals surface area contributed by atoms with Crippen LogP contribution >= 0.6 is 0 Å². The SMILES string of the molecule is CC[C@H]1OC(=O)[C@@H]2COC3(CC(C)(OC)C(O)C(C)O3)O[C@H]2[C@H](C)[C@@H](OC2OC(C)CC(N(C)C)C2O)[C@](C)(O)C[C@@H](C)C(=O)[C@H](C)[C@@H](O)[C@]1(C)O. The Labute approximate surface area is 308 Å². The van der Waals surface area contributed by atoms with Crippen molar-refractivity contribution in [3.05, 3.63) is 0 Å². The van der Waals surface area contributed by atoms with Crippen molar-refractivity contribution in [1.29, 1.82) is 0 Å². The van der Waals surface area contributed by atoms with Gasteiger partial charge in [-0.3, -0.25) is 9.59 Å². The third-order valence-corrected chi connectivity index (χ3v) is 12.1. The fraction of sp³-hybridized carbons (Fsp3) is 0.946. The number of Topliss-reactive ketones (excluding diaryl/α,β-unsaturated/α-hetero) is 1. The van der Waals surface area contributed by atoms with Crippen molar-refractivity contribution in [2.24, 2.45) is 23.7 Å². The fourth-order valence-corrected chi connectivity index (χ4v) is 8.87. The van der Waals surface area contributed by atoms with Crippen molar-refractivity contribution in [2.45, 2.75) is 172 Å². The number of carbonyl (C=O) groups is 2. The van der Waals surface area contributed by atoms with E-state index in [0.717, 1.165) is 0 Å². The van der Waals surface area contributed by atoms with E-state index in [0.29, 0.717) is 6.42 Å². The van der Waals surface area contributed by atoms with Gasteiger partial charge in [-0.25, -0.2) is 0 Å². The number of nitrogens with zero attached hydrogens (tertiary/aromatic N) is 1. The Hall–Kier alpha value is -1.34. The highest BCUT2D eigenvalue weighted by atomic mass is 16.9. The van der Waals surface area contributed by atoms with Crippen LogP contribution in [-0.4, -0.2) is 154 Å². The number of fused-ring (bicyclic) bond motifs is 1. The lowest BCUT2D eigenvalue weighted by molar-refractivity contribution is -0.474. The summed E-state index contributed by atoms with van der Waals surface area (Å²) in [5.74, 6) is -7.05. The third kappa shape index (κ3) is 8.41. The maximum Gasteiger partial charge on any atom is 0.314 e. The molecule has 4 aliphatic rings. The molecule has 0 radical (unpaired) electrons. The minimum absolute atomic E-state index is 0.0939. The fourth-order valence-electron chi connectivity index (χ4n) is 8.87. The molecule has 18 atom stereocenters. The molecule has 4 aliphatic heterocycles. The number of esters is 1. The maximum absolute atomic E-state index is 14.2. The van der Waals surface area contributed by atoms with Crippen molar-refractivity contribution in [1.82, 2.24) is 4.90 Å². The molecule has 15 heteroatoms. The van der Waals surface area contributed by atoms with Gasteiger partial charge in [0, 0.05) is 30.9 Å². The van der Waals surface area contributed by atoms with Crippen LogP contribution in [0.1, 0.15) is 88.0 Å². The average Bonchev–Trinajstić information content (AvgIpc) is 3.07. The molecule has 4 heterocycles. The number of rotatable bonds is 5. The Morgan fingerprint density at radius 3 is 2.17 bits per heavy atom. The summed E-state index contributed by atoms with van der Waals surface area (Å²) in [6.45, 7) is 14.3. The summed E-state index contributed by atoms with van der Waals surface area (Å²) in [6, 6.07) is -0.338. The smallest absolute Gasteiger partial charge is 0.314 e. The highest BCUT2D eigenvalue weighted by Gasteiger charge is 2.61. The van der Waals surface area contributed by atoms with Crippen LogP contribution in [0.15, 0.2) is 0 Å². The molecule has 15 nitrogen and oxygen atoms in total. The second-order valence-corrected chi connectivity index (χ2v) is 16.8. The average molecular weight is 748 g/mol. The Morgan fingerprint density at radius 1 is 0.962 bits per heavy atom. The molecular weight excluding hydrogens is 682 g/mol. The van der Waals surface area contributed by atoms with Crippen LogP contribution in [0.3, 0.4) is 0 Å². The summed E-state index contributed by atoms with van der Waals surface area (Å²) < 4.78 is 43.5. The number of aliphatic hydroxyl groups excluding tert-OH is 3. The van der Waals surface area contributed by atoms with Crippen LogP contribution in [0.2, 0.25) is 0 Å². The monoisotopic (exact) mass is 747 g/mol. The first-order chi connectivity index (χ1) is 23.9. The number of cyclic esters (lactones) is 1. The number of carbonyl (C=O) groups excluding carboxylic acids is 2. The van der Waals surface area contributed by atoms with E-state index in [2.05, 4.69) is 0 Å². The van der Waals surface area contributed by atoms with Crippen LogP contribution in [-0.2, 0) is 42.7 Å². The topological polar surface area (TPSA) is 203 Å². The molecule has 302 valence electrons. The zero-order valence-corrected chi connectivity index (χ0v) is 33.0. The number of likely N-dealkylation sites (N-methyl/N-ethyl adjacent to an activating group) is 1. The molecule has 0 aromatic heterocycles. The summed E-state index contributed by atoms with van der Waals surface area (Å²) in [7, 11) is 5.14. The van der Waals surface area contributed by atoms with E-state index in [1.165, 1.54) is 27.9 Å². The van der Waals surface area contributed by atoms with E-state index in [9.17, 15) is 35.1 Å². The lowest BCUT2D eigenvalue weighted by atomic mass is 9.73. The highest BCUT2D eigenvalue weighted by molar-refractivity contribution is 5.83. The Morgan fingerprint density at radius 2 is 1.60 bits per heavy atom. The minimum atomic E-state index is -2.03. The summed E-state index contributed by atoms with van der Waals surface area (Å²) in [5, 5.41) is 57.9. The summed E-state index contributed by atoms with van der Waals surface area (Å²) in [6.07, 6.45) is -9.39. The van der Waals surface area contributed by atoms with Gasteiger partial charge in [-0.05, 0) is 68.0 Å². The Bertz CT molecular complexity index is 1250. The van der Waals surface area contributed by atoms with Crippen molar-refractivity contribution >= 4 is 11.8 Å². The second-order valence-electron chi connectivity index (χ2n) is 16.8. The molecule has 0 aromatic carbocycles. The Kier molecular flexibility index (Phi) is 13.4. The number of hydrogen-bond donors (Lipinski definition) is 5. The molecule has 0 aromatic rings. The zero-order chi connectivity index (χ0) is 39.3. The quantitative estimate of drug-likeness (QED) is 0.250. The first kappa shape index (κ1) is 43.4. The lowest BCUT2D eigenvalue weighted by Gasteiger charge is -2.55. The van der Waals surface area contributed by atoms with Crippen molar-refractivity contribution in [2.75, 3.05) is 27.8 Å². The molecule has 0 bridgehead atoms. The lowest BCUT2D eigenvalue weighted by Crippen LogP contribution is -2.67. The highest BCUT2D eigenvalue weighted by Crippen LogP contribution is 2.47. The minimum Gasteiger partial charge on any atom is -0.459 e. The largest absolute Gasteiger partial charge is 0.459 e. The van der Waals surface area contributed by atoms with E-state index >= 15 is 0 Å². The first-order valence-electron chi connectivity index (χ1n) is 18.7. The van der Waals surface area contributed by atoms with Gasteiger partial charge in [0.05, 0.1) is 49.1 Å². The predicted octanol–water partition coefficient (Wildman–Crippen LogP) is 1.12. The molecule has 8 unspecified atom stereocenters. The van der Waals surface area contributed by atoms with Gasteiger partial charge in [0.2, 0.25) is 0 Å². The van der Waals surface area contributed by atoms with E-state index in [-0.39, 0.29) is 38.0 Å². The van der Waals surface area contributed by atoms with Gasteiger partial charge in [0.1, 0.15) is 41.2 Å². The number of ether oxygens (including phenoxy) is 7. The van der Waals surface area contributed by atoms with Gasteiger partial charge < -0.3 is 63.6 Å².